The third kappa shape index (κ3) is 4.79. The Morgan fingerprint density at radius 3 is 1.83 bits per heavy atom. The number of hydrogen-bond acceptors (Lipinski definition) is 5. The summed E-state index contributed by atoms with van der Waals surface area (Å²) in [5.74, 6) is 0.892. The lowest BCUT2D eigenvalue weighted by Gasteiger charge is -2.42. The monoisotopic (exact) mass is 337 g/mol. The van der Waals surface area contributed by atoms with Gasteiger partial charge in [-0.25, -0.2) is 0 Å². The van der Waals surface area contributed by atoms with E-state index in [9.17, 15) is 4.79 Å². The van der Waals surface area contributed by atoms with Crippen molar-refractivity contribution >= 4 is 5.78 Å². The Morgan fingerprint density at radius 2 is 1.46 bits per heavy atom. The van der Waals surface area contributed by atoms with Crippen molar-refractivity contribution in [1.29, 1.82) is 0 Å². The standard InChI is InChI=1S/C19H31NO4/c1-6-19(7-2,20(12-14-22-3)13-15-23-4)18(21)16-8-10-17(24-5)11-9-16/h8-11H,6-7,12-15H2,1-5H3. The second-order valence-corrected chi connectivity index (χ2v) is 5.77. The zero-order valence-electron chi connectivity index (χ0n) is 15.6. The second kappa shape index (κ2) is 10.4. The molecule has 0 aliphatic carbocycles. The highest BCUT2D eigenvalue weighted by Crippen LogP contribution is 2.29. The molecule has 0 fully saturated rings. The van der Waals surface area contributed by atoms with Gasteiger partial charge in [-0.05, 0) is 37.1 Å². The molecule has 1 aromatic carbocycles. The molecule has 0 heterocycles. The van der Waals surface area contributed by atoms with Gasteiger partial charge in [-0.3, -0.25) is 9.69 Å². The Hall–Kier alpha value is -1.43. The van der Waals surface area contributed by atoms with Gasteiger partial charge in [-0.1, -0.05) is 13.8 Å². The molecule has 1 rings (SSSR count). The molecule has 5 heteroatoms. The summed E-state index contributed by atoms with van der Waals surface area (Å²) in [5.41, 5.74) is 0.158. The third-order valence-electron chi connectivity index (χ3n) is 4.68. The molecule has 0 amide bonds. The largest absolute Gasteiger partial charge is 0.497 e. The summed E-state index contributed by atoms with van der Waals surface area (Å²) in [5, 5.41) is 0. The van der Waals surface area contributed by atoms with Gasteiger partial charge in [-0.15, -0.1) is 0 Å². The topological polar surface area (TPSA) is 48.0 Å². The van der Waals surface area contributed by atoms with E-state index in [-0.39, 0.29) is 5.78 Å². The van der Waals surface area contributed by atoms with Crippen LogP contribution in [0.15, 0.2) is 24.3 Å². The molecule has 0 saturated heterocycles. The molecule has 0 aliphatic heterocycles. The zero-order chi connectivity index (χ0) is 18.0. The summed E-state index contributed by atoms with van der Waals surface area (Å²) in [4.78, 5) is 15.5. The number of hydrogen-bond donors (Lipinski definition) is 0. The van der Waals surface area contributed by atoms with Gasteiger partial charge in [0.25, 0.3) is 0 Å². The second-order valence-electron chi connectivity index (χ2n) is 5.77. The maximum atomic E-state index is 13.3. The van der Waals surface area contributed by atoms with Gasteiger partial charge in [-0.2, -0.15) is 0 Å². The summed E-state index contributed by atoms with van der Waals surface area (Å²) < 4.78 is 15.7. The third-order valence-corrected chi connectivity index (χ3v) is 4.68. The average molecular weight is 337 g/mol. The highest BCUT2D eigenvalue weighted by atomic mass is 16.5. The number of rotatable bonds is 12. The highest BCUT2D eigenvalue weighted by molar-refractivity contribution is 6.03. The van der Waals surface area contributed by atoms with Crippen LogP contribution >= 0.6 is 0 Å². The average Bonchev–Trinajstić information content (AvgIpc) is 2.64. The van der Waals surface area contributed by atoms with Crippen LogP contribution in [0.4, 0.5) is 0 Å². The number of nitrogens with zero attached hydrogens (tertiary/aromatic N) is 1. The molecule has 0 aliphatic rings. The number of ketones is 1. The summed E-state index contributed by atoms with van der Waals surface area (Å²) in [6, 6.07) is 7.34. The Morgan fingerprint density at radius 1 is 0.958 bits per heavy atom. The molecule has 1 aromatic rings. The van der Waals surface area contributed by atoms with E-state index in [2.05, 4.69) is 18.7 Å². The van der Waals surface area contributed by atoms with Crippen LogP contribution in [0, 0.1) is 0 Å². The SMILES string of the molecule is CCC(CC)(C(=O)c1ccc(OC)cc1)N(CCOC)CCOC. The smallest absolute Gasteiger partial charge is 0.183 e. The number of ether oxygens (including phenoxy) is 3. The Balaban J connectivity index is 3.14. The molecule has 0 radical (unpaired) electrons. The first kappa shape index (κ1) is 20.6. The summed E-state index contributed by atoms with van der Waals surface area (Å²) in [6.45, 7) is 6.70. The van der Waals surface area contributed by atoms with Crippen LogP contribution in [0.5, 0.6) is 5.75 Å². The molecule has 0 unspecified atom stereocenters. The van der Waals surface area contributed by atoms with E-state index in [0.29, 0.717) is 31.9 Å². The molecule has 0 saturated carbocycles. The van der Waals surface area contributed by atoms with Crippen molar-refractivity contribution < 1.29 is 19.0 Å². The van der Waals surface area contributed by atoms with Crippen molar-refractivity contribution in [3.63, 3.8) is 0 Å². The summed E-state index contributed by atoms with van der Waals surface area (Å²) in [7, 11) is 4.98. The van der Waals surface area contributed by atoms with Gasteiger partial charge in [0.15, 0.2) is 5.78 Å². The zero-order valence-corrected chi connectivity index (χ0v) is 15.6. The van der Waals surface area contributed by atoms with E-state index in [4.69, 9.17) is 14.2 Å². The van der Waals surface area contributed by atoms with Crippen molar-refractivity contribution in [2.24, 2.45) is 0 Å². The Bertz CT molecular complexity index is 475. The maximum absolute atomic E-state index is 13.3. The van der Waals surface area contributed by atoms with Crippen molar-refractivity contribution in [3.05, 3.63) is 29.8 Å². The van der Waals surface area contributed by atoms with Crippen molar-refractivity contribution in [2.75, 3.05) is 47.6 Å². The van der Waals surface area contributed by atoms with E-state index in [1.54, 1.807) is 21.3 Å². The molecule has 5 nitrogen and oxygen atoms in total. The minimum Gasteiger partial charge on any atom is -0.497 e. The molecule has 136 valence electrons. The number of benzene rings is 1. The molecule has 0 bridgehead atoms. The van der Waals surface area contributed by atoms with Crippen LogP contribution < -0.4 is 4.74 Å². The highest BCUT2D eigenvalue weighted by Gasteiger charge is 2.40. The number of methoxy groups -OCH3 is 3. The first-order valence-electron chi connectivity index (χ1n) is 8.51. The van der Waals surface area contributed by atoms with Crippen LogP contribution in [-0.2, 0) is 9.47 Å². The summed E-state index contributed by atoms with van der Waals surface area (Å²) in [6.07, 6.45) is 1.48. The van der Waals surface area contributed by atoms with Gasteiger partial charge < -0.3 is 14.2 Å². The van der Waals surface area contributed by atoms with Crippen LogP contribution in [0.3, 0.4) is 0 Å². The molecule has 0 N–H and O–H groups in total. The lowest BCUT2D eigenvalue weighted by Crippen LogP contribution is -2.56. The van der Waals surface area contributed by atoms with E-state index < -0.39 is 5.54 Å². The summed E-state index contributed by atoms with van der Waals surface area (Å²) >= 11 is 0. The number of Topliss-reactive ketones (excluding diaryl/α,β-unsaturated/α-hetero) is 1. The van der Waals surface area contributed by atoms with Gasteiger partial charge in [0.05, 0.1) is 25.9 Å². The quantitative estimate of drug-likeness (QED) is 0.549. The van der Waals surface area contributed by atoms with Crippen LogP contribution in [0.25, 0.3) is 0 Å². The van der Waals surface area contributed by atoms with Gasteiger partial charge in [0.1, 0.15) is 5.75 Å². The van der Waals surface area contributed by atoms with Gasteiger partial charge >= 0.3 is 0 Å². The molecule has 24 heavy (non-hydrogen) atoms. The van der Waals surface area contributed by atoms with Crippen molar-refractivity contribution in [1.82, 2.24) is 4.90 Å². The van der Waals surface area contributed by atoms with E-state index in [0.717, 1.165) is 18.6 Å². The molecule has 0 aromatic heterocycles. The van der Waals surface area contributed by atoms with E-state index in [1.165, 1.54) is 0 Å². The molecule has 0 spiro atoms. The lowest BCUT2D eigenvalue weighted by molar-refractivity contribution is 0.0259. The fourth-order valence-corrected chi connectivity index (χ4v) is 3.12. The Kier molecular flexibility index (Phi) is 8.97. The first-order chi connectivity index (χ1) is 11.6. The van der Waals surface area contributed by atoms with Gasteiger partial charge in [0, 0.05) is 32.9 Å². The van der Waals surface area contributed by atoms with Crippen molar-refractivity contribution in [2.45, 2.75) is 32.2 Å². The molecule has 0 atom stereocenters. The number of carbonyl (C=O) groups excluding carboxylic acids is 1. The Labute approximate surface area is 145 Å². The lowest BCUT2D eigenvalue weighted by atomic mass is 9.82. The minimum atomic E-state index is -0.550. The number of carbonyl (C=O) groups is 1. The van der Waals surface area contributed by atoms with E-state index in [1.807, 2.05) is 24.3 Å². The van der Waals surface area contributed by atoms with Crippen LogP contribution in [0.1, 0.15) is 37.0 Å². The fourth-order valence-electron chi connectivity index (χ4n) is 3.12. The van der Waals surface area contributed by atoms with Gasteiger partial charge in [0.2, 0.25) is 0 Å². The normalized spacial score (nSPS) is 11.8. The minimum absolute atomic E-state index is 0.141. The van der Waals surface area contributed by atoms with Crippen LogP contribution in [0.2, 0.25) is 0 Å². The fraction of sp³-hybridized carbons (Fsp3) is 0.632. The molecular formula is C19H31NO4. The van der Waals surface area contributed by atoms with E-state index >= 15 is 0 Å². The first-order valence-corrected chi connectivity index (χ1v) is 8.51. The van der Waals surface area contributed by atoms with Crippen molar-refractivity contribution in [3.8, 4) is 5.75 Å². The molecular weight excluding hydrogens is 306 g/mol. The maximum Gasteiger partial charge on any atom is 0.183 e. The predicted octanol–water partition coefficient (Wildman–Crippen LogP) is 3.03. The predicted molar refractivity (Wildman–Crippen MR) is 96.0 cm³/mol. The van der Waals surface area contributed by atoms with Crippen LogP contribution in [-0.4, -0.2) is 63.9 Å².